The van der Waals surface area contributed by atoms with Crippen molar-refractivity contribution in [2.24, 2.45) is 5.73 Å². The number of β-amino-alcohol motifs (C(OH)–C–C–N with tert-alkyl or cyclic N) is 2. The Kier molecular flexibility index (Phi) is 16.7. The zero-order valence-corrected chi connectivity index (χ0v) is 36.2. The molecule has 2 saturated heterocycles. The fourth-order valence-corrected chi connectivity index (χ4v) is 7.91. The number of carbonyl (C=O) groups excluding carboxylic acids is 2. The molecular weight excluding hydrogens is 908 g/mol. The van der Waals surface area contributed by atoms with Crippen molar-refractivity contribution in [1.29, 1.82) is 0 Å². The molecule has 2 aromatic heterocycles. The summed E-state index contributed by atoms with van der Waals surface area (Å²) in [5.41, 5.74) is 15.2. The number of piperidine rings is 2. The minimum absolute atomic E-state index is 0.0161. The minimum atomic E-state index is -3.43. The number of nitrogen functional groups attached to an aromatic ring is 2. The number of nitrogens with zero attached hydrogens (tertiary/aromatic N) is 6. The maximum atomic E-state index is 14.2. The first-order chi connectivity index (χ1) is 29.4. The van der Waals surface area contributed by atoms with Gasteiger partial charge in [-0.15, -0.1) is 0 Å². The molecule has 2 aliphatic rings. The zero-order chi connectivity index (χ0) is 47.1. The molecule has 0 amide bonds. The Labute approximate surface area is 363 Å². The third-order valence-corrected chi connectivity index (χ3v) is 12.2. The van der Waals surface area contributed by atoms with Crippen LogP contribution < -0.4 is 32.0 Å². The van der Waals surface area contributed by atoms with Crippen LogP contribution in [0.25, 0.3) is 0 Å². The SMILES string of the molecule is COc1ccc(F)c(F)c1C(=O)c1cnc(Cl)nc1N.COc1ccc(F)c(F)c1C(=O)c1cnc(N[C@H]2CCN(S(C)(=O)=O)C[C@H]2O)nc1N.CS(=O)(=O)N1CC[C@H](N)[C@H](O)C1. The zero-order valence-electron chi connectivity index (χ0n) is 33.8. The number of benzene rings is 2. The third-order valence-electron chi connectivity index (χ3n) is 9.50. The minimum Gasteiger partial charge on any atom is -0.496 e. The van der Waals surface area contributed by atoms with Gasteiger partial charge in [0.05, 0.1) is 56.1 Å². The third kappa shape index (κ3) is 12.4. The molecule has 2 aromatic carbocycles. The van der Waals surface area contributed by atoms with Gasteiger partial charge in [-0.25, -0.2) is 49.3 Å². The number of anilines is 3. The van der Waals surface area contributed by atoms with Crippen molar-refractivity contribution in [2.75, 3.05) is 69.7 Å². The molecule has 4 aromatic rings. The van der Waals surface area contributed by atoms with Crippen molar-refractivity contribution in [3.63, 3.8) is 0 Å². The molecule has 0 unspecified atom stereocenters. The number of nitrogens with two attached hydrogens (primary N) is 3. The highest BCUT2D eigenvalue weighted by atomic mass is 35.5. The molecule has 2 fully saturated rings. The molecule has 344 valence electrons. The van der Waals surface area contributed by atoms with Gasteiger partial charge in [-0.05, 0) is 48.7 Å². The summed E-state index contributed by atoms with van der Waals surface area (Å²) < 4.78 is 112. The number of aliphatic hydroxyl groups is 2. The highest BCUT2D eigenvalue weighted by molar-refractivity contribution is 7.88. The number of ketones is 2. The van der Waals surface area contributed by atoms with Crippen molar-refractivity contribution < 1.29 is 63.7 Å². The van der Waals surface area contributed by atoms with Crippen LogP contribution in [0.1, 0.15) is 44.7 Å². The van der Waals surface area contributed by atoms with Gasteiger partial charge in [-0.3, -0.25) is 9.59 Å². The van der Waals surface area contributed by atoms with Gasteiger partial charge in [0, 0.05) is 44.6 Å². The largest absolute Gasteiger partial charge is 0.496 e. The van der Waals surface area contributed by atoms with Gasteiger partial charge in [0.15, 0.2) is 23.3 Å². The van der Waals surface area contributed by atoms with E-state index in [0.29, 0.717) is 13.0 Å². The molecule has 4 atom stereocenters. The van der Waals surface area contributed by atoms with E-state index in [-0.39, 0.29) is 77.6 Å². The second-order valence-electron chi connectivity index (χ2n) is 13.8. The topological polar surface area (TPSA) is 309 Å². The van der Waals surface area contributed by atoms with Gasteiger partial charge >= 0.3 is 0 Å². The Morgan fingerprint density at radius 3 is 1.62 bits per heavy atom. The van der Waals surface area contributed by atoms with Gasteiger partial charge in [0.1, 0.15) is 34.3 Å². The normalized spacial score (nSPS) is 19.4. The quantitative estimate of drug-likeness (QED) is 0.0732. The van der Waals surface area contributed by atoms with Crippen molar-refractivity contribution in [1.82, 2.24) is 28.5 Å². The lowest BCUT2D eigenvalue weighted by atomic mass is 10.0. The number of nitrogens with one attached hydrogen (secondary N) is 1. The number of methoxy groups -OCH3 is 2. The first kappa shape index (κ1) is 50.3. The van der Waals surface area contributed by atoms with Crippen molar-refractivity contribution in [2.45, 2.75) is 37.1 Å². The summed E-state index contributed by atoms with van der Waals surface area (Å²) in [6.07, 6.45) is 3.33. The Balaban J connectivity index is 0.000000232. The molecule has 6 rings (SSSR count). The number of aromatic nitrogens is 4. The molecule has 9 N–H and O–H groups in total. The Hall–Kier alpha value is -5.35. The molecule has 27 heteroatoms. The van der Waals surface area contributed by atoms with E-state index in [1.165, 1.54) is 18.5 Å². The standard InChI is InChI=1S/C18H21F2N5O5S.C12H8ClF2N3O2.C6H14N2O3S/c1-30-13-4-3-10(19)15(20)14(13)16(27)9-7-22-18(24-17(9)21)23-11-5-6-25(8-12(11)26)31(2,28)29;1-20-7-3-2-6(14)9(15)8(7)10(19)5-4-17-12(13)18-11(5)16;1-12(10,11)8-3-2-5(7)6(9)4-8/h3-4,7,11-12,26H,5-6,8H2,1-2H3,(H3,21,22,23,24);2-4H,1H3,(H2,16,17,18);5-6,9H,2-4,7H2,1H3/t11-,12+;;5-,6+/m0.0/s1. The summed E-state index contributed by atoms with van der Waals surface area (Å²) in [4.78, 5) is 40.1. The van der Waals surface area contributed by atoms with E-state index in [2.05, 4.69) is 25.3 Å². The van der Waals surface area contributed by atoms with Crippen LogP contribution in [-0.4, -0.2) is 144 Å². The summed E-state index contributed by atoms with van der Waals surface area (Å²) in [7, 11) is -4.16. The van der Waals surface area contributed by atoms with Crippen LogP contribution in [0, 0.1) is 23.3 Å². The van der Waals surface area contributed by atoms with E-state index in [9.17, 15) is 54.2 Å². The number of halogens is 5. The second-order valence-corrected chi connectivity index (χ2v) is 18.1. The van der Waals surface area contributed by atoms with Crippen LogP contribution in [0.4, 0.5) is 35.1 Å². The van der Waals surface area contributed by atoms with Crippen molar-refractivity contribution in [3.05, 3.63) is 87.5 Å². The fraction of sp³-hybridized carbons (Fsp3) is 0.389. The lowest BCUT2D eigenvalue weighted by Gasteiger charge is -2.34. The maximum absolute atomic E-state index is 14.2. The van der Waals surface area contributed by atoms with E-state index in [1.807, 2.05) is 0 Å². The lowest BCUT2D eigenvalue weighted by Crippen LogP contribution is -2.51. The van der Waals surface area contributed by atoms with Gasteiger partial charge in [-0.1, -0.05) is 0 Å². The summed E-state index contributed by atoms with van der Waals surface area (Å²) >= 11 is 5.51. The van der Waals surface area contributed by atoms with E-state index in [0.717, 1.165) is 53.5 Å². The molecule has 0 radical (unpaired) electrons. The molecule has 0 bridgehead atoms. The van der Waals surface area contributed by atoms with Gasteiger partial charge in [-0.2, -0.15) is 13.6 Å². The second kappa shape index (κ2) is 20.9. The van der Waals surface area contributed by atoms with E-state index >= 15 is 0 Å². The lowest BCUT2D eigenvalue weighted by molar-refractivity contribution is 0.0880. The molecule has 63 heavy (non-hydrogen) atoms. The number of sulfonamides is 2. The average Bonchev–Trinajstić information content (AvgIpc) is 3.21. The molecule has 0 aliphatic carbocycles. The predicted octanol–water partition coefficient (Wildman–Crippen LogP) is 0.953. The number of hydrogen-bond acceptors (Lipinski definition) is 18. The van der Waals surface area contributed by atoms with E-state index in [1.54, 1.807) is 0 Å². The van der Waals surface area contributed by atoms with Gasteiger partial charge in [0.2, 0.25) is 42.8 Å². The number of rotatable bonds is 10. The Bertz CT molecular complexity index is 2570. The van der Waals surface area contributed by atoms with Crippen molar-refractivity contribution >= 4 is 60.8 Å². The monoisotopic (exact) mass is 950 g/mol. The summed E-state index contributed by atoms with van der Waals surface area (Å²) in [5.74, 6) is -7.81. The van der Waals surface area contributed by atoms with Crippen LogP contribution >= 0.6 is 11.6 Å². The molecule has 0 saturated carbocycles. The van der Waals surface area contributed by atoms with Crippen LogP contribution in [0.3, 0.4) is 0 Å². The maximum Gasteiger partial charge on any atom is 0.224 e. The average molecular weight is 951 g/mol. The van der Waals surface area contributed by atoms with Crippen LogP contribution in [0.2, 0.25) is 5.28 Å². The molecular formula is C36H43ClF4N10O10S2. The number of aliphatic hydroxyl groups excluding tert-OH is 2. The summed E-state index contributed by atoms with van der Waals surface area (Å²) in [6.45, 7) is 0.635. The number of hydrogen-bond donors (Lipinski definition) is 6. The predicted molar refractivity (Wildman–Crippen MR) is 220 cm³/mol. The van der Waals surface area contributed by atoms with Crippen LogP contribution in [0.15, 0.2) is 36.7 Å². The first-order valence-electron chi connectivity index (χ1n) is 18.2. The highest BCUT2D eigenvalue weighted by Gasteiger charge is 2.33. The first-order valence-corrected chi connectivity index (χ1v) is 22.3. The summed E-state index contributed by atoms with van der Waals surface area (Å²) in [5, 5.41) is 22.2. The van der Waals surface area contributed by atoms with E-state index in [4.69, 9.17) is 38.3 Å². The highest BCUT2D eigenvalue weighted by Crippen LogP contribution is 2.29. The van der Waals surface area contributed by atoms with Gasteiger partial charge < -0.3 is 42.2 Å². The van der Waals surface area contributed by atoms with Crippen LogP contribution in [-0.2, 0) is 20.0 Å². The number of ether oxygens (including phenoxy) is 2. The fourth-order valence-electron chi connectivity index (χ4n) is 6.05. The van der Waals surface area contributed by atoms with Crippen molar-refractivity contribution in [3.8, 4) is 11.5 Å². The van der Waals surface area contributed by atoms with Crippen LogP contribution in [0.5, 0.6) is 11.5 Å². The number of carbonyl (C=O) groups is 2. The molecule has 4 heterocycles. The Morgan fingerprint density at radius 1 is 0.762 bits per heavy atom. The summed E-state index contributed by atoms with van der Waals surface area (Å²) in [6, 6.07) is 3.09. The Morgan fingerprint density at radius 2 is 1.21 bits per heavy atom. The van der Waals surface area contributed by atoms with Gasteiger partial charge in [0.25, 0.3) is 0 Å². The molecule has 2 aliphatic heterocycles. The molecule has 0 spiro atoms. The van der Waals surface area contributed by atoms with E-state index < -0.39 is 84.3 Å². The smallest absolute Gasteiger partial charge is 0.224 e. The molecule has 20 nitrogen and oxygen atoms in total.